The first-order valence-corrected chi connectivity index (χ1v) is 6.53. The molecular formula is C14H17NO3. The summed E-state index contributed by atoms with van der Waals surface area (Å²) >= 11 is 0. The lowest BCUT2D eigenvalue weighted by Crippen LogP contribution is -2.37. The number of hydrogen-bond donors (Lipinski definition) is 1. The van der Waals surface area contributed by atoms with Crippen molar-refractivity contribution in [1.82, 2.24) is 0 Å². The fraction of sp³-hybridized carbons (Fsp3) is 0.643. The van der Waals surface area contributed by atoms with Crippen LogP contribution in [0.15, 0.2) is 16.5 Å². The number of aliphatic hydroxyl groups excluding tert-OH is 1. The smallest absolute Gasteiger partial charge is 0.134 e. The first-order valence-electron chi connectivity index (χ1n) is 6.53. The molecule has 2 bridgehead atoms. The van der Waals surface area contributed by atoms with Crippen molar-refractivity contribution >= 4 is 0 Å². The zero-order chi connectivity index (χ0) is 12.8. The largest absolute Gasteiger partial charge is 0.463 e. The molecule has 0 saturated carbocycles. The molecule has 96 valence electrons. The van der Waals surface area contributed by atoms with E-state index in [9.17, 15) is 10.4 Å². The van der Waals surface area contributed by atoms with Crippen molar-refractivity contribution in [3.8, 4) is 6.07 Å². The Kier molecular flexibility index (Phi) is 2.69. The van der Waals surface area contributed by atoms with Crippen LogP contribution < -0.4 is 0 Å². The molecule has 2 aliphatic rings. The molecule has 2 aliphatic heterocycles. The summed E-state index contributed by atoms with van der Waals surface area (Å²) < 4.78 is 11.3. The van der Waals surface area contributed by atoms with Gasteiger partial charge in [-0.1, -0.05) is 6.92 Å². The van der Waals surface area contributed by atoms with Gasteiger partial charge in [0.05, 0.1) is 18.3 Å². The van der Waals surface area contributed by atoms with Crippen LogP contribution in [-0.2, 0) is 11.2 Å². The van der Waals surface area contributed by atoms with Crippen LogP contribution in [0.1, 0.15) is 43.8 Å². The molecule has 1 aromatic heterocycles. The van der Waals surface area contributed by atoms with Crippen molar-refractivity contribution in [1.29, 1.82) is 5.26 Å². The summed E-state index contributed by atoms with van der Waals surface area (Å²) in [4.78, 5) is 0. The topological polar surface area (TPSA) is 66.4 Å². The highest BCUT2D eigenvalue weighted by molar-refractivity contribution is 5.22. The maximum Gasteiger partial charge on any atom is 0.134 e. The van der Waals surface area contributed by atoms with Gasteiger partial charge in [0.25, 0.3) is 0 Å². The van der Waals surface area contributed by atoms with Gasteiger partial charge in [0, 0.05) is 6.42 Å². The van der Waals surface area contributed by atoms with E-state index in [1.165, 1.54) is 0 Å². The minimum atomic E-state index is -0.891. The van der Waals surface area contributed by atoms with Crippen molar-refractivity contribution in [3.63, 3.8) is 0 Å². The number of nitrogens with zero attached hydrogens (tertiary/aromatic N) is 1. The van der Waals surface area contributed by atoms with E-state index in [-0.39, 0.29) is 12.2 Å². The Morgan fingerprint density at radius 1 is 1.56 bits per heavy atom. The van der Waals surface area contributed by atoms with Crippen LogP contribution in [0, 0.1) is 16.7 Å². The summed E-state index contributed by atoms with van der Waals surface area (Å²) in [5, 5.41) is 20.0. The molecule has 0 radical (unpaired) electrons. The van der Waals surface area contributed by atoms with Gasteiger partial charge in [-0.3, -0.25) is 0 Å². The highest BCUT2D eigenvalue weighted by Gasteiger charge is 2.58. The number of ether oxygens (including phenoxy) is 1. The average Bonchev–Trinajstić information content (AvgIpc) is 3.12. The molecule has 3 heterocycles. The Morgan fingerprint density at radius 3 is 2.89 bits per heavy atom. The number of aliphatic hydroxyl groups is 1. The maximum absolute atomic E-state index is 10.5. The van der Waals surface area contributed by atoms with Crippen molar-refractivity contribution in [3.05, 3.63) is 23.7 Å². The Bertz CT molecular complexity index is 489. The van der Waals surface area contributed by atoms with Crippen LogP contribution in [0.5, 0.6) is 0 Å². The first kappa shape index (κ1) is 11.8. The maximum atomic E-state index is 10.5. The lowest BCUT2D eigenvalue weighted by atomic mass is 9.70. The van der Waals surface area contributed by atoms with Gasteiger partial charge in [-0.05, 0) is 31.4 Å². The van der Waals surface area contributed by atoms with E-state index in [4.69, 9.17) is 9.15 Å². The van der Waals surface area contributed by atoms with E-state index < -0.39 is 11.5 Å². The van der Waals surface area contributed by atoms with Crippen molar-refractivity contribution in [2.75, 3.05) is 0 Å². The van der Waals surface area contributed by atoms with Gasteiger partial charge in [0.2, 0.25) is 0 Å². The van der Waals surface area contributed by atoms with E-state index in [1.807, 2.05) is 13.0 Å². The van der Waals surface area contributed by atoms with Crippen molar-refractivity contribution in [2.45, 2.75) is 50.9 Å². The molecule has 0 aromatic carbocycles. The number of furan rings is 1. The third-order valence-corrected chi connectivity index (χ3v) is 4.24. The second-order valence-electron chi connectivity index (χ2n) is 5.24. The molecule has 4 nitrogen and oxygen atoms in total. The van der Waals surface area contributed by atoms with Crippen LogP contribution in [0.3, 0.4) is 0 Å². The second kappa shape index (κ2) is 4.11. The highest BCUT2D eigenvalue weighted by Crippen LogP contribution is 2.53. The average molecular weight is 247 g/mol. The first-order chi connectivity index (χ1) is 8.69. The van der Waals surface area contributed by atoms with Crippen LogP contribution in [0.4, 0.5) is 0 Å². The Labute approximate surface area is 106 Å². The quantitative estimate of drug-likeness (QED) is 0.890. The van der Waals surface area contributed by atoms with Crippen LogP contribution in [0.25, 0.3) is 0 Å². The lowest BCUT2D eigenvalue weighted by molar-refractivity contribution is -0.00802. The zero-order valence-corrected chi connectivity index (χ0v) is 10.4. The fourth-order valence-corrected chi connectivity index (χ4v) is 3.19. The predicted molar refractivity (Wildman–Crippen MR) is 63.6 cm³/mol. The molecular weight excluding hydrogens is 230 g/mol. The number of rotatable bonds is 3. The monoisotopic (exact) mass is 247 g/mol. The molecule has 2 fully saturated rings. The van der Waals surface area contributed by atoms with Gasteiger partial charge >= 0.3 is 0 Å². The van der Waals surface area contributed by atoms with Gasteiger partial charge in [0.15, 0.2) is 0 Å². The van der Waals surface area contributed by atoms with E-state index >= 15 is 0 Å². The van der Waals surface area contributed by atoms with E-state index in [0.29, 0.717) is 12.2 Å². The van der Waals surface area contributed by atoms with Gasteiger partial charge in [-0.25, -0.2) is 0 Å². The third-order valence-electron chi connectivity index (χ3n) is 4.24. The van der Waals surface area contributed by atoms with Gasteiger partial charge < -0.3 is 14.3 Å². The molecule has 4 heteroatoms. The number of nitriles is 1. The summed E-state index contributed by atoms with van der Waals surface area (Å²) in [5.74, 6) is 1.32. The molecule has 2 saturated heterocycles. The third kappa shape index (κ3) is 1.51. The minimum absolute atomic E-state index is 0.130. The van der Waals surface area contributed by atoms with Crippen molar-refractivity contribution in [2.24, 2.45) is 5.41 Å². The zero-order valence-electron chi connectivity index (χ0n) is 10.4. The van der Waals surface area contributed by atoms with Crippen molar-refractivity contribution < 1.29 is 14.3 Å². The van der Waals surface area contributed by atoms with Crippen LogP contribution in [-0.4, -0.2) is 17.3 Å². The molecule has 18 heavy (non-hydrogen) atoms. The van der Waals surface area contributed by atoms with Crippen LogP contribution >= 0.6 is 0 Å². The van der Waals surface area contributed by atoms with Gasteiger partial charge in [-0.15, -0.1) is 0 Å². The molecule has 1 aromatic rings. The predicted octanol–water partition coefficient (Wildman–Crippen LogP) is 2.34. The Hall–Kier alpha value is -1.31. The molecule has 0 spiro atoms. The Balaban J connectivity index is 1.91. The molecule has 3 rings (SSSR count). The minimum Gasteiger partial charge on any atom is -0.463 e. The Morgan fingerprint density at radius 2 is 2.39 bits per heavy atom. The van der Waals surface area contributed by atoms with Crippen LogP contribution in [0.2, 0.25) is 0 Å². The molecule has 4 atom stereocenters. The second-order valence-corrected chi connectivity index (χ2v) is 5.24. The van der Waals surface area contributed by atoms with E-state index in [0.717, 1.165) is 25.0 Å². The number of aryl methyl sites for hydroxylation is 1. The molecule has 1 N–H and O–H groups in total. The SMILES string of the molecule is CCc1ccc(C(O)C2(C#N)CC3CCC2O3)o1. The number of fused-ring (bicyclic) bond motifs is 2. The molecule has 0 amide bonds. The number of hydrogen-bond acceptors (Lipinski definition) is 4. The van der Waals surface area contributed by atoms with E-state index in [1.54, 1.807) is 6.07 Å². The summed E-state index contributed by atoms with van der Waals surface area (Å²) in [6.07, 6.45) is 2.34. The highest BCUT2D eigenvalue weighted by atomic mass is 16.5. The molecule has 0 aliphatic carbocycles. The van der Waals surface area contributed by atoms with Gasteiger partial charge in [0.1, 0.15) is 23.0 Å². The lowest BCUT2D eigenvalue weighted by Gasteiger charge is -2.31. The summed E-state index contributed by atoms with van der Waals surface area (Å²) in [6.45, 7) is 2.00. The van der Waals surface area contributed by atoms with Gasteiger partial charge in [-0.2, -0.15) is 5.26 Å². The normalized spacial score (nSPS) is 35.6. The standard InChI is InChI=1S/C14H17NO3/c1-2-9-3-5-11(17-9)13(16)14(8-15)7-10-4-6-12(14)18-10/h3,5,10,12-13,16H,2,4,6-7H2,1H3. The summed E-state index contributed by atoms with van der Waals surface area (Å²) in [7, 11) is 0. The fourth-order valence-electron chi connectivity index (χ4n) is 3.19. The molecule has 4 unspecified atom stereocenters. The van der Waals surface area contributed by atoms with E-state index in [2.05, 4.69) is 6.07 Å². The summed E-state index contributed by atoms with van der Waals surface area (Å²) in [6, 6.07) is 5.93. The summed E-state index contributed by atoms with van der Waals surface area (Å²) in [5.41, 5.74) is -0.828.